The Balaban J connectivity index is 1.30. The molecule has 1 aromatic heterocycles. The predicted octanol–water partition coefficient (Wildman–Crippen LogP) is 2.69. The van der Waals surface area contributed by atoms with E-state index < -0.39 is 6.61 Å². The molecular formula is C21H23F2N3O3S. The van der Waals surface area contributed by atoms with E-state index in [0.29, 0.717) is 39.3 Å². The van der Waals surface area contributed by atoms with Crippen LogP contribution in [0, 0.1) is 0 Å². The maximum absolute atomic E-state index is 12.8. The van der Waals surface area contributed by atoms with Crippen LogP contribution in [-0.2, 0) is 17.8 Å². The summed E-state index contributed by atoms with van der Waals surface area (Å²) in [7, 11) is 0. The number of carbonyl (C=O) groups excluding carboxylic acids is 2. The van der Waals surface area contributed by atoms with Gasteiger partial charge in [-0.1, -0.05) is 12.1 Å². The number of carbonyl (C=O) groups is 2. The number of hydrogen-bond acceptors (Lipinski definition) is 5. The number of benzene rings is 1. The smallest absolute Gasteiger partial charge is 0.387 e. The van der Waals surface area contributed by atoms with Crippen LogP contribution in [0.5, 0.6) is 5.75 Å². The summed E-state index contributed by atoms with van der Waals surface area (Å²) in [4.78, 5) is 32.4. The highest BCUT2D eigenvalue weighted by Gasteiger charge is 2.28. The minimum atomic E-state index is -2.98. The summed E-state index contributed by atoms with van der Waals surface area (Å²) in [5.74, 6) is -0.353. The topological polar surface area (TPSA) is 53.1 Å². The molecule has 160 valence electrons. The van der Waals surface area contributed by atoms with Gasteiger partial charge < -0.3 is 14.5 Å². The van der Waals surface area contributed by atoms with Gasteiger partial charge in [-0.15, -0.1) is 11.3 Å². The van der Waals surface area contributed by atoms with E-state index >= 15 is 0 Å². The Hall–Kier alpha value is -2.52. The highest BCUT2D eigenvalue weighted by Crippen LogP contribution is 2.25. The fourth-order valence-electron chi connectivity index (χ4n) is 3.87. The van der Waals surface area contributed by atoms with Crippen molar-refractivity contribution in [3.8, 4) is 5.75 Å². The lowest BCUT2D eigenvalue weighted by Crippen LogP contribution is -2.52. The SMILES string of the molecule is O=C(CN1CCN(C(=O)c2ccccc2OC(F)F)CC1)N1CCc2sccc2C1. The molecule has 0 aliphatic carbocycles. The first-order valence-corrected chi connectivity index (χ1v) is 10.8. The van der Waals surface area contributed by atoms with E-state index in [1.54, 1.807) is 28.4 Å². The largest absolute Gasteiger partial charge is 0.434 e. The van der Waals surface area contributed by atoms with E-state index in [2.05, 4.69) is 16.2 Å². The van der Waals surface area contributed by atoms with E-state index in [4.69, 9.17) is 0 Å². The number of nitrogens with zero attached hydrogens (tertiary/aromatic N) is 3. The van der Waals surface area contributed by atoms with Crippen molar-refractivity contribution in [2.24, 2.45) is 0 Å². The average molecular weight is 435 g/mol. The van der Waals surface area contributed by atoms with Crippen molar-refractivity contribution in [2.45, 2.75) is 19.6 Å². The molecule has 0 bridgehead atoms. The lowest BCUT2D eigenvalue weighted by atomic mass is 10.1. The Morgan fingerprint density at radius 2 is 1.80 bits per heavy atom. The zero-order chi connectivity index (χ0) is 21.1. The third-order valence-electron chi connectivity index (χ3n) is 5.51. The number of thiophene rings is 1. The molecule has 0 unspecified atom stereocenters. The lowest BCUT2D eigenvalue weighted by molar-refractivity contribution is -0.133. The van der Waals surface area contributed by atoms with Gasteiger partial charge in [0, 0.05) is 44.1 Å². The van der Waals surface area contributed by atoms with E-state index in [9.17, 15) is 18.4 Å². The number of rotatable bonds is 5. The average Bonchev–Trinajstić information content (AvgIpc) is 3.22. The third-order valence-corrected chi connectivity index (χ3v) is 6.54. The lowest BCUT2D eigenvalue weighted by Gasteiger charge is -2.36. The van der Waals surface area contributed by atoms with Gasteiger partial charge in [0.25, 0.3) is 5.91 Å². The summed E-state index contributed by atoms with van der Waals surface area (Å²) in [6.07, 6.45) is 0.904. The molecule has 3 heterocycles. The monoisotopic (exact) mass is 435 g/mol. The normalized spacial score (nSPS) is 17.2. The number of fused-ring (bicyclic) bond motifs is 1. The highest BCUT2D eigenvalue weighted by molar-refractivity contribution is 7.10. The third kappa shape index (κ3) is 4.62. The molecule has 2 aliphatic heterocycles. The Labute approximate surface area is 177 Å². The van der Waals surface area contributed by atoms with Crippen LogP contribution in [0.3, 0.4) is 0 Å². The maximum Gasteiger partial charge on any atom is 0.387 e. The minimum absolute atomic E-state index is 0.0994. The van der Waals surface area contributed by atoms with Crippen LogP contribution in [0.25, 0.3) is 0 Å². The van der Waals surface area contributed by atoms with Gasteiger partial charge in [0.05, 0.1) is 12.1 Å². The van der Waals surface area contributed by atoms with E-state index in [1.807, 2.05) is 9.80 Å². The van der Waals surface area contributed by atoms with Gasteiger partial charge in [-0.3, -0.25) is 14.5 Å². The molecular weight excluding hydrogens is 412 g/mol. The molecule has 6 nitrogen and oxygen atoms in total. The molecule has 1 fully saturated rings. The zero-order valence-corrected chi connectivity index (χ0v) is 17.2. The molecule has 9 heteroatoms. The van der Waals surface area contributed by atoms with Gasteiger partial charge in [0.2, 0.25) is 5.91 Å². The first kappa shape index (κ1) is 20.7. The molecule has 2 aromatic rings. The van der Waals surface area contributed by atoms with Crippen LogP contribution in [0.15, 0.2) is 35.7 Å². The Morgan fingerprint density at radius 1 is 1.03 bits per heavy atom. The number of amides is 2. The van der Waals surface area contributed by atoms with Crippen molar-refractivity contribution in [2.75, 3.05) is 39.3 Å². The van der Waals surface area contributed by atoms with Crippen LogP contribution in [0.2, 0.25) is 0 Å². The first-order chi connectivity index (χ1) is 14.5. The first-order valence-electron chi connectivity index (χ1n) is 9.90. The van der Waals surface area contributed by atoms with Gasteiger partial charge >= 0.3 is 6.61 Å². The molecule has 2 aliphatic rings. The number of para-hydroxylation sites is 1. The van der Waals surface area contributed by atoms with Crippen LogP contribution < -0.4 is 4.74 Å². The summed E-state index contributed by atoms with van der Waals surface area (Å²) in [6, 6.07) is 8.12. The van der Waals surface area contributed by atoms with Gasteiger partial charge in [0.1, 0.15) is 5.75 Å². The molecule has 0 atom stereocenters. The summed E-state index contributed by atoms with van der Waals surface area (Å²) < 4.78 is 29.7. The fraction of sp³-hybridized carbons (Fsp3) is 0.429. The van der Waals surface area contributed by atoms with Crippen molar-refractivity contribution in [1.82, 2.24) is 14.7 Å². The fourth-order valence-corrected chi connectivity index (χ4v) is 4.76. The summed E-state index contributed by atoms with van der Waals surface area (Å²) in [6.45, 7) is 0.740. The van der Waals surface area contributed by atoms with E-state index in [1.165, 1.54) is 22.6 Å². The van der Waals surface area contributed by atoms with Gasteiger partial charge in [-0.2, -0.15) is 8.78 Å². The van der Waals surface area contributed by atoms with Crippen LogP contribution >= 0.6 is 11.3 Å². The Kier molecular flexibility index (Phi) is 6.29. The molecule has 30 heavy (non-hydrogen) atoms. The number of ether oxygens (including phenoxy) is 1. The number of halogens is 2. The van der Waals surface area contributed by atoms with E-state index in [-0.39, 0.29) is 23.1 Å². The van der Waals surface area contributed by atoms with Gasteiger partial charge in [0.15, 0.2) is 0 Å². The molecule has 0 N–H and O–H groups in total. The molecule has 0 spiro atoms. The minimum Gasteiger partial charge on any atom is -0.434 e. The molecule has 4 rings (SSSR count). The molecule has 0 saturated carbocycles. The van der Waals surface area contributed by atoms with Crippen LogP contribution in [0.4, 0.5) is 8.78 Å². The van der Waals surface area contributed by atoms with Crippen LogP contribution in [0.1, 0.15) is 20.8 Å². The highest BCUT2D eigenvalue weighted by atomic mass is 32.1. The number of hydrogen-bond donors (Lipinski definition) is 0. The Morgan fingerprint density at radius 3 is 2.57 bits per heavy atom. The Bertz CT molecular complexity index is 912. The van der Waals surface area contributed by atoms with Crippen molar-refractivity contribution in [3.05, 3.63) is 51.7 Å². The zero-order valence-electron chi connectivity index (χ0n) is 16.4. The van der Waals surface area contributed by atoms with Gasteiger partial charge in [-0.05, 0) is 35.6 Å². The number of alkyl halides is 2. The molecule has 2 amide bonds. The van der Waals surface area contributed by atoms with Crippen molar-refractivity contribution in [3.63, 3.8) is 0 Å². The molecule has 1 saturated heterocycles. The quantitative estimate of drug-likeness (QED) is 0.725. The standard InChI is InChI=1S/C21H23F2N3O3S/c22-21(23)29-17-4-2-1-3-16(17)20(28)25-10-8-24(9-11-25)14-19(27)26-7-5-18-15(13-26)6-12-30-18/h1-4,6,12,21H,5,7-11,13-14H2. The molecule has 0 radical (unpaired) electrons. The number of piperazine rings is 1. The van der Waals surface area contributed by atoms with Crippen LogP contribution in [-0.4, -0.2) is 72.4 Å². The van der Waals surface area contributed by atoms with Crippen molar-refractivity contribution in [1.29, 1.82) is 0 Å². The summed E-state index contributed by atoms with van der Waals surface area (Å²) >= 11 is 1.74. The molecule has 1 aromatic carbocycles. The summed E-state index contributed by atoms with van der Waals surface area (Å²) in [5.41, 5.74) is 1.36. The second kappa shape index (κ2) is 9.09. The van der Waals surface area contributed by atoms with Crippen molar-refractivity contribution < 1.29 is 23.1 Å². The van der Waals surface area contributed by atoms with E-state index in [0.717, 1.165) is 13.0 Å². The van der Waals surface area contributed by atoms with Crippen molar-refractivity contribution >= 4 is 23.2 Å². The maximum atomic E-state index is 12.8. The second-order valence-corrected chi connectivity index (χ2v) is 8.38. The predicted molar refractivity (Wildman–Crippen MR) is 109 cm³/mol. The summed E-state index contributed by atoms with van der Waals surface area (Å²) in [5, 5.41) is 2.07. The second-order valence-electron chi connectivity index (χ2n) is 7.38. The van der Waals surface area contributed by atoms with Gasteiger partial charge in [-0.25, -0.2) is 0 Å².